The van der Waals surface area contributed by atoms with Gasteiger partial charge in [-0.25, -0.2) is 4.98 Å². The predicted octanol–water partition coefficient (Wildman–Crippen LogP) is 2.60. The van der Waals surface area contributed by atoms with Crippen LogP contribution in [0.15, 0.2) is 35.7 Å². The van der Waals surface area contributed by atoms with Crippen LogP contribution in [-0.4, -0.2) is 34.9 Å². The first kappa shape index (κ1) is 16.7. The maximum Gasteiger partial charge on any atom is 0.246 e. The molecule has 5 nitrogen and oxygen atoms in total. The molecule has 0 radical (unpaired) electrons. The molecule has 1 aromatic heterocycles. The second kappa shape index (κ2) is 7.59. The number of nitrogens with zero attached hydrogens (tertiary/aromatic N) is 2. The number of aromatic nitrogens is 1. The highest BCUT2D eigenvalue weighted by Crippen LogP contribution is 2.21. The van der Waals surface area contributed by atoms with Crippen LogP contribution in [0.4, 0.5) is 0 Å². The summed E-state index contributed by atoms with van der Waals surface area (Å²) in [6, 6.07) is 7.77. The monoisotopic (exact) mass is 343 g/mol. The van der Waals surface area contributed by atoms with Crippen LogP contribution in [0.2, 0.25) is 0 Å². The van der Waals surface area contributed by atoms with E-state index in [1.165, 1.54) is 0 Å². The van der Waals surface area contributed by atoms with E-state index in [4.69, 9.17) is 10.5 Å². The molecule has 2 aromatic rings. The van der Waals surface area contributed by atoms with Crippen LogP contribution in [0.3, 0.4) is 0 Å². The molecule has 6 heteroatoms. The first-order valence-corrected chi connectivity index (χ1v) is 8.85. The summed E-state index contributed by atoms with van der Waals surface area (Å²) in [7, 11) is 0. The lowest BCUT2D eigenvalue weighted by Gasteiger charge is -2.13. The standard InChI is InChI=1S/C18H21N3O2S/c1-13-20-16(12-24-13)11-23-17-5-3-2-4-14(17)6-7-18(22)21-9-8-15(19)10-21/h2-7,12,15H,8-11,19H2,1H3/b7-6+/t15-/m0/s1. The Bertz CT molecular complexity index is 741. The quantitative estimate of drug-likeness (QED) is 0.847. The number of carbonyl (C=O) groups is 1. The molecule has 24 heavy (non-hydrogen) atoms. The lowest BCUT2D eigenvalue weighted by Crippen LogP contribution is -2.30. The zero-order chi connectivity index (χ0) is 16.9. The van der Waals surface area contributed by atoms with E-state index >= 15 is 0 Å². The molecule has 3 rings (SSSR count). The van der Waals surface area contributed by atoms with E-state index in [0.29, 0.717) is 13.2 Å². The van der Waals surface area contributed by atoms with Gasteiger partial charge in [0.1, 0.15) is 12.4 Å². The van der Waals surface area contributed by atoms with Crippen LogP contribution in [0.25, 0.3) is 6.08 Å². The summed E-state index contributed by atoms with van der Waals surface area (Å²) >= 11 is 1.61. The van der Waals surface area contributed by atoms with E-state index in [9.17, 15) is 4.79 Å². The van der Waals surface area contributed by atoms with Gasteiger partial charge in [-0.2, -0.15) is 0 Å². The van der Waals surface area contributed by atoms with Crippen molar-refractivity contribution in [2.75, 3.05) is 13.1 Å². The molecule has 0 spiro atoms. The molecule has 1 amide bonds. The number of hydrogen-bond donors (Lipinski definition) is 1. The van der Waals surface area contributed by atoms with E-state index in [1.54, 1.807) is 28.4 Å². The summed E-state index contributed by atoms with van der Waals surface area (Å²) in [6.07, 6.45) is 4.26. The number of benzene rings is 1. The summed E-state index contributed by atoms with van der Waals surface area (Å²) < 4.78 is 5.86. The third-order valence-corrected chi connectivity index (χ3v) is 4.73. The fourth-order valence-corrected chi connectivity index (χ4v) is 3.23. The number of hydrogen-bond acceptors (Lipinski definition) is 5. The second-order valence-electron chi connectivity index (χ2n) is 5.85. The molecule has 1 aliphatic heterocycles. The Balaban J connectivity index is 1.65. The Kier molecular flexibility index (Phi) is 5.27. The molecule has 1 atom stereocenters. The second-order valence-corrected chi connectivity index (χ2v) is 6.91. The molecule has 1 aliphatic rings. The number of aryl methyl sites for hydroxylation is 1. The average Bonchev–Trinajstić information content (AvgIpc) is 3.20. The van der Waals surface area contributed by atoms with Crippen molar-refractivity contribution < 1.29 is 9.53 Å². The van der Waals surface area contributed by atoms with Gasteiger partial charge < -0.3 is 15.4 Å². The van der Waals surface area contributed by atoms with Gasteiger partial charge in [0.15, 0.2) is 0 Å². The molecule has 1 aromatic carbocycles. The van der Waals surface area contributed by atoms with Crippen molar-refractivity contribution in [1.29, 1.82) is 0 Å². The van der Waals surface area contributed by atoms with Gasteiger partial charge in [-0.15, -0.1) is 11.3 Å². The van der Waals surface area contributed by atoms with Crippen LogP contribution >= 0.6 is 11.3 Å². The van der Waals surface area contributed by atoms with Crippen LogP contribution < -0.4 is 10.5 Å². The molecule has 0 bridgehead atoms. The van der Waals surface area contributed by atoms with Gasteiger partial charge >= 0.3 is 0 Å². The highest BCUT2D eigenvalue weighted by atomic mass is 32.1. The Labute approximate surface area is 145 Å². The van der Waals surface area contributed by atoms with E-state index in [-0.39, 0.29) is 11.9 Å². The average molecular weight is 343 g/mol. The lowest BCUT2D eigenvalue weighted by molar-refractivity contribution is -0.124. The van der Waals surface area contributed by atoms with Crippen molar-refractivity contribution in [3.63, 3.8) is 0 Å². The molecule has 1 fully saturated rings. The molecule has 2 N–H and O–H groups in total. The van der Waals surface area contributed by atoms with Gasteiger partial charge in [0.2, 0.25) is 5.91 Å². The molecular weight excluding hydrogens is 322 g/mol. The fraction of sp³-hybridized carbons (Fsp3) is 0.333. The maximum absolute atomic E-state index is 12.2. The van der Waals surface area contributed by atoms with Crippen molar-refractivity contribution in [3.8, 4) is 5.75 Å². The Morgan fingerprint density at radius 2 is 2.33 bits per heavy atom. The zero-order valence-corrected chi connectivity index (χ0v) is 14.5. The van der Waals surface area contributed by atoms with Gasteiger partial charge in [-0.05, 0) is 25.5 Å². The number of ether oxygens (including phenoxy) is 1. The van der Waals surface area contributed by atoms with Crippen molar-refractivity contribution in [2.45, 2.75) is 26.0 Å². The number of likely N-dealkylation sites (tertiary alicyclic amines) is 1. The minimum absolute atomic E-state index is 0.00659. The normalized spacial score (nSPS) is 17.6. The predicted molar refractivity (Wildman–Crippen MR) is 95.8 cm³/mol. The largest absolute Gasteiger partial charge is 0.487 e. The molecule has 0 aliphatic carbocycles. The minimum Gasteiger partial charge on any atom is -0.487 e. The van der Waals surface area contributed by atoms with Gasteiger partial charge in [-0.1, -0.05) is 18.2 Å². The highest BCUT2D eigenvalue weighted by Gasteiger charge is 2.21. The highest BCUT2D eigenvalue weighted by molar-refractivity contribution is 7.09. The van der Waals surface area contributed by atoms with Crippen LogP contribution in [0.5, 0.6) is 5.75 Å². The van der Waals surface area contributed by atoms with E-state index in [1.807, 2.05) is 36.6 Å². The van der Waals surface area contributed by atoms with Crippen LogP contribution in [0, 0.1) is 6.92 Å². The minimum atomic E-state index is -0.00659. The Hall–Kier alpha value is -2.18. The number of thiazole rings is 1. The van der Waals surface area contributed by atoms with Crippen LogP contribution in [0.1, 0.15) is 22.7 Å². The summed E-state index contributed by atoms with van der Waals surface area (Å²) in [5, 5.41) is 3.02. The summed E-state index contributed by atoms with van der Waals surface area (Å²) in [5.74, 6) is 0.734. The molecule has 0 unspecified atom stereocenters. The maximum atomic E-state index is 12.2. The molecule has 1 saturated heterocycles. The molecule has 0 saturated carbocycles. The molecule has 126 valence electrons. The fourth-order valence-electron chi connectivity index (χ4n) is 2.63. The number of amides is 1. The number of para-hydroxylation sites is 1. The van der Waals surface area contributed by atoms with Crippen molar-refractivity contribution in [3.05, 3.63) is 52.0 Å². The van der Waals surface area contributed by atoms with E-state index in [2.05, 4.69) is 4.98 Å². The molecule has 2 heterocycles. The van der Waals surface area contributed by atoms with Gasteiger partial charge in [-0.3, -0.25) is 4.79 Å². The topological polar surface area (TPSA) is 68.5 Å². The molecular formula is C18H21N3O2S. The van der Waals surface area contributed by atoms with E-state index in [0.717, 1.165) is 35.0 Å². The van der Waals surface area contributed by atoms with E-state index < -0.39 is 0 Å². The Morgan fingerprint density at radius 3 is 3.04 bits per heavy atom. The first-order chi connectivity index (χ1) is 11.6. The van der Waals surface area contributed by atoms with Gasteiger partial charge in [0, 0.05) is 36.2 Å². The van der Waals surface area contributed by atoms with Crippen molar-refractivity contribution in [1.82, 2.24) is 9.88 Å². The lowest BCUT2D eigenvalue weighted by atomic mass is 10.2. The summed E-state index contributed by atoms with van der Waals surface area (Å²) in [5.41, 5.74) is 7.64. The number of nitrogens with two attached hydrogens (primary N) is 1. The zero-order valence-electron chi connectivity index (χ0n) is 13.6. The van der Waals surface area contributed by atoms with Gasteiger partial charge in [0.05, 0.1) is 10.7 Å². The van der Waals surface area contributed by atoms with Crippen molar-refractivity contribution in [2.24, 2.45) is 5.73 Å². The SMILES string of the molecule is Cc1nc(COc2ccccc2/C=C/C(=O)N2CC[C@H](N)C2)cs1. The third-order valence-electron chi connectivity index (χ3n) is 3.90. The Morgan fingerprint density at radius 1 is 1.50 bits per heavy atom. The summed E-state index contributed by atoms with van der Waals surface area (Å²) in [4.78, 5) is 18.4. The van der Waals surface area contributed by atoms with Gasteiger partial charge in [0.25, 0.3) is 0 Å². The summed E-state index contributed by atoms with van der Waals surface area (Å²) in [6.45, 7) is 3.75. The number of carbonyl (C=O) groups excluding carboxylic acids is 1. The van der Waals surface area contributed by atoms with Crippen molar-refractivity contribution >= 4 is 23.3 Å². The third kappa shape index (κ3) is 4.21. The smallest absolute Gasteiger partial charge is 0.246 e. The first-order valence-electron chi connectivity index (χ1n) is 7.97. The van der Waals surface area contributed by atoms with Crippen LogP contribution in [-0.2, 0) is 11.4 Å². The number of rotatable bonds is 5.